The second kappa shape index (κ2) is 5.92. The standard InChI is InChI=1S/C11H8ClF3N2O2S/c12-6-1-2-8-7(3-6)17-10(19-8)20-4-9(18)16-5-11(13,14)15/h1-3H,4-5H2,(H,16,18). The van der Waals surface area contributed by atoms with Gasteiger partial charge in [-0.3, -0.25) is 4.79 Å². The molecule has 0 radical (unpaired) electrons. The smallest absolute Gasteiger partial charge is 0.405 e. The Bertz CT molecular complexity index is 630. The molecule has 0 aliphatic rings. The summed E-state index contributed by atoms with van der Waals surface area (Å²) in [6, 6.07) is 4.84. The molecule has 0 bridgehead atoms. The van der Waals surface area contributed by atoms with Crippen LogP contribution in [0.5, 0.6) is 0 Å². The van der Waals surface area contributed by atoms with E-state index in [-0.39, 0.29) is 11.0 Å². The summed E-state index contributed by atoms with van der Waals surface area (Å²) in [5.41, 5.74) is 1.02. The summed E-state index contributed by atoms with van der Waals surface area (Å²) in [5.74, 6) is -0.955. The molecule has 2 rings (SSSR count). The number of nitrogens with zero attached hydrogens (tertiary/aromatic N) is 1. The van der Waals surface area contributed by atoms with Crippen molar-refractivity contribution in [2.45, 2.75) is 11.4 Å². The predicted molar refractivity (Wildman–Crippen MR) is 68.8 cm³/mol. The third-order valence-electron chi connectivity index (χ3n) is 2.14. The van der Waals surface area contributed by atoms with Crippen LogP contribution in [-0.2, 0) is 4.79 Å². The number of hydrogen-bond acceptors (Lipinski definition) is 4. The Morgan fingerprint density at radius 2 is 2.20 bits per heavy atom. The van der Waals surface area contributed by atoms with E-state index in [0.29, 0.717) is 16.1 Å². The highest BCUT2D eigenvalue weighted by Gasteiger charge is 2.27. The minimum atomic E-state index is -4.42. The zero-order valence-corrected chi connectivity index (χ0v) is 11.4. The molecule has 0 spiro atoms. The molecule has 108 valence electrons. The number of thioether (sulfide) groups is 1. The number of amides is 1. The number of aromatic nitrogens is 1. The lowest BCUT2D eigenvalue weighted by Gasteiger charge is -2.06. The second-order valence-electron chi connectivity index (χ2n) is 3.77. The van der Waals surface area contributed by atoms with E-state index in [1.165, 1.54) is 0 Å². The quantitative estimate of drug-likeness (QED) is 0.877. The number of rotatable bonds is 4. The van der Waals surface area contributed by atoms with Crippen molar-refractivity contribution in [1.82, 2.24) is 10.3 Å². The number of carbonyl (C=O) groups is 1. The van der Waals surface area contributed by atoms with Crippen LogP contribution in [0.4, 0.5) is 13.2 Å². The Morgan fingerprint density at radius 1 is 1.45 bits per heavy atom. The van der Waals surface area contributed by atoms with Crippen LogP contribution in [-0.4, -0.2) is 29.4 Å². The van der Waals surface area contributed by atoms with Crippen LogP contribution >= 0.6 is 23.4 Å². The van der Waals surface area contributed by atoms with Gasteiger partial charge in [0, 0.05) is 5.02 Å². The van der Waals surface area contributed by atoms with Gasteiger partial charge >= 0.3 is 6.18 Å². The number of fused-ring (bicyclic) bond motifs is 1. The monoisotopic (exact) mass is 324 g/mol. The average Bonchev–Trinajstić information content (AvgIpc) is 2.75. The fourth-order valence-electron chi connectivity index (χ4n) is 1.32. The molecule has 1 heterocycles. The first-order chi connectivity index (χ1) is 9.33. The molecule has 1 N–H and O–H groups in total. The number of halogens is 4. The van der Waals surface area contributed by atoms with Crippen molar-refractivity contribution in [1.29, 1.82) is 0 Å². The molecule has 2 aromatic rings. The highest BCUT2D eigenvalue weighted by Crippen LogP contribution is 2.25. The Kier molecular flexibility index (Phi) is 4.44. The van der Waals surface area contributed by atoms with Gasteiger partial charge in [-0.1, -0.05) is 23.4 Å². The van der Waals surface area contributed by atoms with Crippen LogP contribution in [0.15, 0.2) is 27.8 Å². The first-order valence-electron chi connectivity index (χ1n) is 5.36. The maximum atomic E-state index is 11.9. The fourth-order valence-corrected chi connectivity index (χ4v) is 2.15. The fraction of sp³-hybridized carbons (Fsp3) is 0.273. The number of carbonyl (C=O) groups excluding carboxylic acids is 1. The highest BCUT2D eigenvalue weighted by molar-refractivity contribution is 7.99. The van der Waals surface area contributed by atoms with Crippen molar-refractivity contribution in [2.75, 3.05) is 12.3 Å². The number of hydrogen-bond donors (Lipinski definition) is 1. The van der Waals surface area contributed by atoms with E-state index in [0.717, 1.165) is 11.8 Å². The van der Waals surface area contributed by atoms with Crippen LogP contribution in [0.3, 0.4) is 0 Å². The number of nitrogens with one attached hydrogen (secondary N) is 1. The van der Waals surface area contributed by atoms with Gasteiger partial charge in [-0.2, -0.15) is 13.2 Å². The van der Waals surface area contributed by atoms with Gasteiger partial charge in [0.2, 0.25) is 5.91 Å². The van der Waals surface area contributed by atoms with Crippen LogP contribution in [0.1, 0.15) is 0 Å². The zero-order valence-electron chi connectivity index (χ0n) is 9.83. The maximum Gasteiger partial charge on any atom is 0.405 e. The van der Waals surface area contributed by atoms with E-state index in [1.54, 1.807) is 23.5 Å². The number of alkyl halides is 3. The topological polar surface area (TPSA) is 55.1 Å². The summed E-state index contributed by atoms with van der Waals surface area (Å²) in [4.78, 5) is 15.3. The summed E-state index contributed by atoms with van der Waals surface area (Å²) in [6.07, 6.45) is -4.42. The van der Waals surface area contributed by atoms with Gasteiger partial charge in [-0.05, 0) is 18.2 Å². The summed E-state index contributed by atoms with van der Waals surface area (Å²) < 4.78 is 41.0. The Labute approximate surface area is 120 Å². The molecule has 0 atom stereocenters. The molecule has 0 aliphatic heterocycles. The van der Waals surface area contributed by atoms with Crippen molar-refractivity contribution in [3.63, 3.8) is 0 Å². The maximum absolute atomic E-state index is 11.9. The molecule has 0 unspecified atom stereocenters. The Morgan fingerprint density at radius 3 is 2.90 bits per heavy atom. The zero-order chi connectivity index (χ0) is 14.8. The lowest BCUT2D eigenvalue weighted by molar-refractivity contribution is -0.136. The average molecular weight is 325 g/mol. The molecule has 1 aromatic heterocycles. The van der Waals surface area contributed by atoms with Crippen molar-refractivity contribution < 1.29 is 22.4 Å². The molecule has 4 nitrogen and oxygen atoms in total. The lowest BCUT2D eigenvalue weighted by Crippen LogP contribution is -2.34. The van der Waals surface area contributed by atoms with Crippen LogP contribution in [0.2, 0.25) is 5.02 Å². The normalized spacial score (nSPS) is 11.8. The SMILES string of the molecule is O=C(CSc1nc2cc(Cl)ccc2o1)NCC(F)(F)F. The molecule has 0 aliphatic carbocycles. The van der Waals surface area contributed by atoms with Crippen LogP contribution in [0.25, 0.3) is 11.1 Å². The van der Waals surface area contributed by atoms with E-state index in [1.807, 2.05) is 0 Å². The second-order valence-corrected chi connectivity index (χ2v) is 5.14. The van der Waals surface area contributed by atoms with Crippen LogP contribution in [0, 0.1) is 0 Å². The van der Waals surface area contributed by atoms with E-state index < -0.39 is 18.6 Å². The van der Waals surface area contributed by atoms with Crippen molar-refractivity contribution in [2.24, 2.45) is 0 Å². The molecular weight excluding hydrogens is 317 g/mol. The van der Waals surface area contributed by atoms with Crippen molar-refractivity contribution in [3.8, 4) is 0 Å². The first kappa shape index (κ1) is 15.0. The van der Waals surface area contributed by atoms with Crippen LogP contribution < -0.4 is 5.32 Å². The molecule has 1 aromatic carbocycles. The molecule has 9 heteroatoms. The third-order valence-corrected chi connectivity index (χ3v) is 3.21. The Balaban J connectivity index is 1.91. The molecular formula is C11H8ClF3N2O2S. The molecule has 0 saturated heterocycles. The summed E-state index contributed by atoms with van der Waals surface area (Å²) in [7, 11) is 0. The summed E-state index contributed by atoms with van der Waals surface area (Å²) in [5, 5.41) is 2.45. The largest absolute Gasteiger partial charge is 0.431 e. The number of oxazole rings is 1. The predicted octanol–water partition coefficient (Wildman–Crippen LogP) is 3.25. The molecule has 0 fully saturated rings. The molecule has 1 amide bonds. The number of benzene rings is 1. The summed E-state index contributed by atoms with van der Waals surface area (Å²) >= 11 is 6.69. The first-order valence-corrected chi connectivity index (χ1v) is 6.72. The van der Waals surface area contributed by atoms with E-state index >= 15 is 0 Å². The Hall–Kier alpha value is -1.41. The van der Waals surface area contributed by atoms with Crippen molar-refractivity contribution in [3.05, 3.63) is 23.2 Å². The van der Waals surface area contributed by atoms with E-state index in [2.05, 4.69) is 4.98 Å². The highest BCUT2D eigenvalue weighted by atomic mass is 35.5. The van der Waals surface area contributed by atoms with E-state index in [9.17, 15) is 18.0 Å². The van der Waals surface area contributed by atoms with Gasteiger partial charge in [0.05, 0.1) is 5.75 Å². The van der Waals surface area contributed by atoms with Gasteiger partial charge in [0.1, 0.15) is 12.1 Å². The minimum absolute atomic E-state index is 0.199. The van der Waals surface area contributed by atoms with Gasteiger partial charge in [-0.15, -0.1) is 0 Å². The van der Waals surface area contributed by atoms with Gasteiger partial charge in [0.15, 0.2) is 5.58 Å². The molecule has 20 heavy (non-hydrogen) atoms. The lowest BCUT2D eigenvalue weighted by atomic mass is 10.3. The van der Waals surface area contributed by atoms with E-state index in [4.69, 9.17) is 16.0 Å². The van der Waals surface area contributed by atoms with Gasteiger partial charge < -0.3 is 9.73 Å². The van der Waals surface area contributed by atoms with Crippen molar-refractivity contribution >= 4 is 40.4 Å². The minimum Gasteiger partial charge on any atom is -0.431 e. The van der Waals surface area contributed by atoms with Gasteiger partial charge in [0.25, 0.3) is 5.22 Å². The molecule has 0 saturated carbocycles. The van der Waals surface area contributed by atoms with Gasteiger partial charge in [-0.25, -0.2) is 4.98 Å². The summed E-state index contributed by atoms with van der Waals surface area (Å²) in [6.45, 7) is -1.35. The third kappa shape index (κ3) is 4.31.